The number of hydrogen-bond acceptors (Lipinski definition) is 6. The first-order valence-electron chi connectivity index (χ1n) is 13.2. The van der Waals surface area contributed by atoms with E-state index in [0.29, 0.717) is 42.3 Å². The van der Waals surface area contributed by atoms with E-state index in [1.54, 1.807) is 42.7 Å². The van der Waals surface area contributed by atoms with Gasteiger partial charge in [-0.3, -0.25) is 9.36 Å². The van der Waals surface area contributed by atoms with Crippen molar-refractivity contribution in [3.63, 3.8) is 0 Å². The van der Waals surface area contributed by atoms with Crippen LogP contribution in [-0.4, -0.2) is 17.1 Å². The molecule has 0 aliphatic carbocycles. The zero-order valence-electron chi connectivity index (χ0n) is 23.3. The third-order valence-electron chi connectivity index (χ3n) is 6.87. The second-order valence-corrected chi connectivity index (χ2v) is 12.2. The van der Waals surface area contributed by atoms with Crippen LogP contribution in [0.2, 0.25) is 15.1 Å². The minimum absolute atomic E-state index is 0.207. The van der Waals surface area contributed by atoms with Crippen molar-refractivity contribution in [3.8, 4) is 5.75 Å². The molecule has 0 amide bonds. The zero-order valence-corrected chi connectivity index (χ0v) is 26.4. The first-order chi connectivity index (χ1) is 20.1. The maximum absolute atomic E-state index is 13.9. The quantitative estimate of drug-likeness (QED) is 0.205. The normalized spacial score (nSPS) is 14.9. The van der Waals surface area contributed by atoms with E-state index >= 15 is 0 Å². The molecular formula is C32H27Cl3N2O4S. The smallest absolute Gasteiger partial charge is 0.338 e. The first kappa shape index (κ1) is 30.1. The van der Waals surface area contributed by atoms with Crippen molar-refractivity contribution >= 4 is 58.2 Å². The number of carbonyl (C=O) groups excluding carboxylic acids is 1. The Kier molecular flexibility index (Phi) is 8.94. The predicted molar refractivity (Wildman–Crippen MR) is 169 cm³/mol. The number of aryl methyl sites for hydroxylation is 2. The van der Waals surface area contributed by atoms with Crippen LogP contribution in [0.4, 0.5) is 0 Å². The maximum Gasteiger partial charge on any atom is 0.338 e. The largest absolute Gasteiger partial charge is 0.488 e. The number of nitrogens with zero attached hydrogens (tertiary/aromatic N) is 2. The summed E-state index contributed by atoms with van der Waals surface area (Å²) in [5.41, 5.74) is 4.83. The van der Waals surface area contributed by atoms with Gasteiger partial charge in [-0.1, -0.05) is 64.3 Å². The Morgan fingerprint density at radius 3 is 2.31 bits per heavy atom. The van der Waals surface area contributed by atoms with Gasteiger partial charge in [0, 0.05) is 20.6 Å². The molecule has 1 aromatic heterocycles. The highest BCUT2D eigenvalue weighted by Gasteiger charge is 2.33. The van der Waals surface area contributed by atoms with Crippen LogP contribution in [0.3, 0.4) is 0 Å². The number of benzene rings is 3. The van der Waals surface area contributed by atoms with Gasteiger partial charge in [-0.2, -0.15) is 0 Å². The Morgan fingerprint density at radius 2 is 1.67 bits per heavy atom. The molecule has 1 atom stereocenters. The van der Waals surface area contributed by atoms with Crippen molar-refractivity contribution in [1.29, 1.82) is 0 Å². The molecule has 0 bridgehead atoms. The number of allylic oxidation sites excluding steroid dienone is 1. The molecule has 3 aromatic carbocycles. The highest BCUT2D eigenvalue weighted by molar-refractivity contribution is 7.07. The predicted octanol–water partition coefficient (Wildman–Crippen LogP) is 6.95. The number of rotatable bonds is 7. The summed E-state index contributed by atoms with van der Waals surface area (Å²) < 4.78 is 13.5. The highest BCUT2D eigenvalue weighted by atomic mass is 35.5. The Bertz CT molecular complexity index is 1890. The topological polar surface area (TPSA) is 69.9 Å². The van der Waals surface area contributed by atoms with Gasteiger partial charge in [-0.25, -0.2) is 9.79 Å². The van der Waals surface area contributed by atoms with Gasteiger partial charge in [0.2, 0.25) is 0 Å². The van der Waals surface area contributed by atoms with E-state index < -0.39 is 12.0 Å². The molecule has 0 radical (unpaired) electrons. The molecule has 0 spiro atoms. The number of esters is 1. The summed E-state index contributed by atoms with van der Waals surface area (Å²) in [6.45, 7) is 7.92. The first-order valence-corrected chi connectivity index (χ1v) is 15.2. The Labute approximate surface area is 262 Å². The van der Waals surface area contributed by atoms with Crippen LogP contribution in [0.25, 0.3) is 6.08 Å². The molecule has 1 aliphatic rings. The van der Waals surface area contributed by atoms with Crippen LogP contribution in [0.5, 0.6) is 5.75 Å². The van der Waals surface area contributed by atoms with E-state index in [1.165, 1.54) is 11.3 Å². The minimum Gasteiger partial charge on any atom is -0.488 e. The van der Waals surface area contributed by atoms with Crippen LogP contribution in [-0.2, 0) is 16.1 Å². The lowest BCUT2D eigenvalue weighted by Gasteiger charge is -2.24. The summed E-state index contributed by atoms with van der Waals surface area (Å²) in [6.07, 6.45) is 1.84. The van der Waals surface area contributed by atoms with Crippen LogP contribution < -0.4 is 19.6 Å². The lowest BCUT2D eigenvalue weighted by molar-refractivity contribution is -0.139. The molecule has 0 fully saturated rings. The fraction of sp³-hybridized carbons (Fsp3) is 0.219. The lowest BCUT2D eigenvalue weighted by Crippen LogP contribution is -2.39. The van der Waals surface area contributed by atoms with Crippen LogP contribution in [0.15, 0.2) is 75.7 Å². The second kappa shape index (κ2) is 12.5. The average Bonchev–Trinajstić information content (AvgIpc) is 3.23. The molecule has 216 valence electrons. The monoisotopic (exact) mass is 640 g/mol. The zero-order chi connectivity index (χ0) is 30.1. The Hall–Kier alpha value is -3.36. The molecule has 42 heavy (non-hydrogen) atoms. The molecule has 6 nitrogen and oxygen atoms in total. The molecule has 0 unspecified atom stereocenters. The number of thiazole rings is 1. The molecule has 10 heteroatoms. The molecule has 2 heterocycles. The Balaban J connectivity index is 1.54. The number of fused-ring (bicyclic) bond motifs is 1. The molecule has 5 rings (SSSR count). The van der Waals surface area contributed by atoms with Crippen LogP contribution in [0.1, 0.15) is 47.7 Å². The van der Waals surface area contributed by atoms with E-state index in [0.717, 1.165) is 33.6 Å². The summed E-state index contributed by atoms with van der Waals surface area (Å²) in [5, 5.41) is 1.67. The summed E-state index contributed by atoms with van der Waals surface area (Å²) in [5.74, 6) is 0.242. The van der Waals surface area contributed by atoms with Crippen LogP contribution >= 0.6 is 46.1 Å². The third-order valence-corrected chi connectivity index (χ3v) is 8.69. The van der Waals surface area contributed by atoms with Crippen molar-refractivity contribution in [3.05, 3.63) is 128 Å². The van der Waals surface area contributed by atoms with E-state index in [4.69, 9.17) is 44.3 Å². The van der Waals surface area contributed by atoms with Gasteiger partial charge < -0.3 is 9.47 Å². The number of ether oxygens (including phenoxy) is 2. The van der Waals surface area contributed by atoms with Crippen molar-refractivity contribution in [2.24, 2.45) is 4.99 Å². The van der Waals surface area contributed by atoms with Crippen molar-refractivity contribution in [2.75, 3.05) is 6.61 Å². The molecule has 0 saturated carbocycles. The van der Waals surface area contributed by atoms with Gasteiger partial charge in [0.1, 0.15) is 12.4 Å². The van der Waals surface area contributed by atoms with Crippen molar-refractivity contribution in [2.45, 2.75) is 40.3 Å². The average molecular weight is 642 g/mol. The fourth-order valence-corrected chi connectivity index (χ4v) is 6.62. The molecular weight excluding hydrogens is 615 g/mol. The minimum atomic E-state index is -0.696. The SMILES string of the molecule is CCOC(=O)C1=C(C)N=c2s/c(=C\c3cc(C)c(OCc4ccc(Cl)cc4Cl)c(C)c3)c(=O)n2[C@@H]1c1ccc(Cl)cc1. The lowest BCUT2D eigenvalue weighted by atomic mass is 9.96. The summed E-state index contributed by atoms with van der Waals surface area (Å²) in [6, 6.07) is 15.6. The van der Waals surface area contributed by atoms with Gasteiger partial charge in [-0.15, -0.1) is 0 Å². The summed E-state index contributed by atoms with van der Waals surface area (Å²) >= 11 is 19.7. The van der Waals surface area contributed by atoms with Crippen molar-refractivity contribution in [1.82, 2.24) is 4.57 Å². The third kappa shape index (κ3) is 6.06. The highest BCUT2D eigenvalue weighted by Crippen LogP contribution is 2.32. The Morgan fingerprint density at radius 1 is 1.00 bits per heavy atom. The van der Waals surface area contributed by atoms with Crippen molar-refractivity contribution < 1.29 is 14.3 Å². The van der Waals surface area contributed by atoms with E-state index in [2.05, 4.69) is 4.99 Å². The van der Waals surface area contributed by atoms with E-state index in [-0.39, 0.29) is 12.2 Å². The number of halogens is 3. The van der Waals surface area contributed by atoms with E-state index in [1.807, 2.05) is 50.3 Å². The molecule has 0 N–H and O–H groups in total. The van der Waals surface area contributed by atoms with Gasteiger partial charge in [0.05, 0.1) is 28.5 Å². The maximum atomic E-state index is 13.9. The summed E-state index contributed by atoms with van der Waals surface area (Å²) in [4.78, 5) is 32.1. The number of hydrogen-bond donors (Lipinski definition) is 0. The van der Waals surface area contributed by atoms with Crippen LogP contribution in [0, 0.1) is 13.8 Å². The molecule has 1 aliphatic heterocycles. The van der Waals surface area contributed by atoms with Gasteiger partial charge in [-0.05, 0) is 92.4 Å². The van der Waals surface area contributed by atoms with Gasteiger partial charge >= 0.3 is 5.97 Å². The van der Waals surface area contributed by atoms with Gasteiger partial charge in [0.25, 0.3) is 5.56 Å². The summed E-state index contributed by atoms with van der Waals surface area (Å²) in [7, 11) is 0. The standard InChI is InChI=1S/C32H27Cl3N2O4S/c1-5-40-31(39)27-19(4)36-32-37(28(27)21-6-9-23(33)10-7-21)30(38)26(42-32)14-20-12-17(2)29(18(3)13-20)41-16-22-8-11-24(34)15-25(22)35/h6-15,28H,5,16H2,1-4H3/b26-14-/t28-/m1/s1. The van der Waals surface area contributed by atoms with E-state index in [9.17, 15) is 9.59 Å². The van der Waals surface area contributed by atoms with Gasteiger partial charge in [0.15, 0.2) is 4.80 Å². The number of carbonyl (C=O) groups is 1. The number of aromatic nitrogens is 1. The fourth-order valence-electron chi connectivity index (χ4n) is 4.99. The molecule has 4 aromatic rings. The second-order valence-electron chi connectivity index (χ2n) is 9.86. The molecule has 0 saturated heterocycles.